The van der Waals surface area contributed by atoms with Crippen LogP contribution in [0, 0.1) is 5.41 Å². The first-order valence-electron chi connectivity index (χ1n) is 5.21. The molecule has 4 heteroatoms. The molecule has 88 valence electrons. The highest BCUT2D eigenvalue weighted by atomic mass is 16.5. The molecule has 0 atom stereocenters. The van der Waals surface area contributed by atoms with Crippen LogP contribution in [0.3, 0.4) is 0 Å². The summed E-state index contributed by atoms with van der Waals surface area (Å²) in [6, 6.07) is 3.70. The second-order valence-corrected chi connectivity index (χ2v) is 4.60. The van der Waals surface area contributed by atoms with Crippen LogP contribution in [0.4, 0.5) is 0 Å². The molecule has 1 rings (SSSR count). The molecule has 1 heterocycles. The Bertz CT molecular complexity index is 370. The van der Waals surface area contributed by atoms with Gasteiger partial charge in [0.1, 0.15) is 0 Å². The Balaban J connectivity index is 2.65. The SMILES string of the molecule is COc1ncccc1CNC(=O)C(C)(C)C. The van der Waals surface area contributed by atoms with Crippen LogP contribution in [-0.4, -0.2) is 18.0 Å². The zero-order valence-corrected chi connectivity index (χ0v) is 10.2. The van der Waals surface area contributed by atoms with E-state index in [1.165, 1.54) is 0 Å². The largest absolute Gasteiger partial charge is 0.481 e. The maximum Gasteiger partial charge on any atom is 0.225 e. The van der Waals surface area contributed by atoms with Gasteiger partial charge in [-0.3, -0.25) is 4.79 Å². The number of carbonyl (C=O) groups is 1. The van der Waals surface area contributed by atoms with E-state index in [4.69, 9.17) is 4.74 Å². The molecule has 1 aromatic rings. The molecule has 0 aliphatic rings. The van der Waals surface area contributed by atoms with E-state index in [-0.39, 0.29) is 11.3 Å². The van der Waals surface area contributed by atoms with E-state index in [2.05, 4.69) is 10.3 Å². The highest BCUT2D eigenvalue weighted by molar-refractivity contribution is 5.81. The lowest BCUT2D eigenvalue weighted by molar-refractivity contribution is -0.128. The van der Waals surface area contributed by atoms with Gasteiger partial charge in [0.25, 0.3) is 0 Å². The summed E-state index contributed by atoms with van der Waals surface area (Å²) < 4.78 is 5.10. The molecule has 0 unspecified atom stereocenters. The van der Waals surface area contributed by atoms with Crippen molar-refractivity contribution in [3.8, 4) is 5.88 Å². The molecule has 1 N–H and O–H groups in total. The van der Waals surface area contributed by atoms with Crippen molar-refractivity contribution in [3.63, 3.8) is 0 Å². The Kier molecular flexibility index (Phi) is 3.88. The fourth-order valence-corrected chi connectivity index (χ4v) is 1.18. The Labute approximate surface area is 96.0 Å². The van der Waals surface area contributed by atoms with Gasteiger partial charge in [-0.25, -0.2) is 4.98 Å². The fourth-order valence-electron chi connectivity index (χ4n) is 1.18. The van der Waals surface area contributed by atoms with Gasteiger partial charge in [0.05, 0.1) is 7.11 Å². The molecule has 0 aliphatic heterocycles. The normalized spacial score (nSPS) is 11.0. The topological polar surface area (TPSA) is 51.2 Å². The van der Waals surface area contributed by atoms with Gasteiger partial charge in [0.15, 0.2) is 0 Å². The molecule has 0 spiro atoms. The number of ether oxygens (including phenoxy) is 1. The molecule has 4 nitrogen and oxygen atoms in total. The second-order valence-electron chi connectivity index (χ2n) is 4.60. The minimum absolute atomic E-state index is 0.0124. The number of hydrogen-bond donors (Lipinski definition) is 1. The lowest BCUT2D eigenvalue weighted by atomic mass is 9.95. The summed E-state index contributed by atoms with van der Waals surface area (Å²) >= 11 is 0. The fraction of sp³-hybridized carbons (Fsp3) is 0.500. The number of amides is 1. The van der Waals surface area contributed by atoms with E-state index in [9.17, 15) is 4.79 Å². The van der Waals surface area contributed by atoms with Crippen molar-refractivity contribution >= 4 is 5.91 Å². The molecule has 0 aliphatic carbocycles. The molecule has 0 bridgehead atoms. The van der Waals surface area contributed by atoms with E-state index in [0.717, 1.165) is 5.56 Å². The average Bonchev–Trinajstić information content (AvgIpc) is 2.24. The van der Waals surface area contributed by atoms with Crippen LogP contribution in [0.15, 0.2) is 18.3 Å². The minimum Gasteiger partial charge on any atom is -0.481 e. The standard InChI is InChI=1S/C12H18N2O2/c1-12(2,3)11(15)14-8-9-6-5-7-13-10(9)16-4/h5-7H,8H2,1-4H3,(H,14,15). The molecule has 0 aromatic carbocycles. The van der Waals surface area contributed by atoms with Crippen LogP contribution < -0.4 is 10.1 Å². The lowest BCUT2D eigenvalue weighted by Crippen LogP contribution is -2.34. The number of nitrogens with one attached hydrogen (secondary N) is 1. The first kappa shape index (κ1) is 12.5. The van der Waals surface area contributed by atoms with Gasteiger partial charge in [-0.15, -0.1) is 0 Å². The number of carbonyl (C=O) groups excluding carboxylic acids is 1. The van der Waals surface area contributed by atoms with E-state index in [1.54, 1.807) is 13.3 Å². The van der Waals surface area contributed by atoms with Crippen molar-refractivity contribution in [2.24, 2.45) is 5.41 Å². The first-order valence-corrected chi connectivity index (χ1v) is 5.21. The zero-order chi connectivity index (χ0) is 12.2. The predicted octanol–water partition coefficient (Wildman–Crippen LogP) is 1.75. The van der Waals surface area contributed by atoms with E-state index < -0.39 is 0 Å². The molecule has 0 fully saturated rings. The van der Waals surface area contributed by atoms with Crippen molar-refractivity contribution in [1.29, 1.82) is 0 Å². The molecule has 0 saturated heterocycles. The Hall–Kier alpha value is -1.58. The van der Waals surface area contributed by atoms with Gasteiger partial charge < -0.3 is 10.1 Å². The average molecular weight is 222 g/mol. The summed E-state index contributed by atoms with van der Waals surface area (Å²) in [6.45, 7) is 6.07. The van der Waals surface area contributed by atoms with Crippen LogP contribution >= 0.6 is 0 Å². The van der Waals surface area contributed by atoms with Crippen molar-refractivity contribution in [1.82, 2.24) is 10.3 Å². The first-order chi connectivity index (χ1) is 7.45. The summed E-state index contributed by atoms with van der Waals surface area (Å²) in [5.41, 5.74) is 0.498. The summed E-state index contributed by atoms with van der Waals surface area (Å²) in [5, 5.41) is 2.85. The number of rotatable bonds is 3. The number of nitrogens with zero attached hydrogens (tertiary/aromatic N) is 1. The van der Waals surface area contributed by atoms with E-state index >= 15 is 0 Å². The van der Waals surface area contributed by atoms with Crippen LogP contribution in [0.25, 0.3) is 0 Å². The van der Waals surface area contributed by atoms with Gasteiger partial charge in [-0.2, -0.15) is 0 Å². The number of aromatic nitrogens is 1. The van der Waals surface area contributed by atoms with Crippen LogP contribution in [-0.2, 0) is 11.3 Å². The Morgan fingerprint density at radius 2 is 2.19 bits per heavy atom. The highest BCUT2D eigenvalue weighted by Crippen LogP contribution is 2.16. The third kappa shape index (κ3) is 3.22. The monoisotopic (exact) mass is 222 g/mol. The molecule has 1 amide bonds. The number of pyridine rings is 1. The predicted molar refractivity (Wildman–Crippen MR) is 62.1 cm³/mol. The molecule has 1 aromatic heterocycles. The van der Waals surface area contributed by atoms with Gasteiger partial charge in [0.2, 0.25) is 11.8 Å². The molecule has 0 saturated carbocycles. The van der Waals surface area contributed by atoms with Crippen LogP contribution in [0.5, 0.6) is 5.88 Å². The maximum absolute atomic E-state index is 11.7. The van der Waals surface area contributed by atoms with Crippen LogP contribution in [0.2, 0.25) is 0 Å². The van der Waals surface area contributed by atoms with E-state index in [1.807, 2.05) is 32.9 Å². The minimum atomic E-state index is -0.380. The second kappa shape index (κ2) is 4.96. The quantitative estimate of drug-likeness (QED) is 0.847. The van der Waals surface area contributed by atoms with Crippen molar-refractivity contribution < 1.29 is 9.53 Å². The Morgan fingerprint density at radius 1 is 1.50 bits per heavy atom. The lowest BCUT2D eigenvalue weighted by Gasteiger charge is -2.18. The summed E-state index contributed by atoms with van der Waals surface area (Å²) in [4.78, 5) is 15.7. The Morgan fingerprint density at radius 3 is 2.75 bits per heavy atom. The number of methoxy groups -OCH3 is 1. The maximum atomic E-state index is 11.7. The van der Waals surface area contributed by atoms with Gasteiger partial charge in [-0.1, -0.05) is 26.8 Å². The van der Waals surface area contributed by atoms with Crippen LogP contribution in [0.1, 0.15) is 26.3 Å². The van der Waals surface area contributed by atoms with Crippen molar-refractivity contribution in [2.75, 3.05) is 7.11 Å². The molecular formula is C12H18N2O2. The molecular weight excluding hydrogens is 204 g/mol. The van der Waals surface area contributed by atoms with Gasteiger partial charge in [0, 0.05) is 23.7 Å². The van der Waals surface area contributed by atoms with Crippen molar-refractivity contribution in [3.05, 3.63) is 23.9 Å². The van der Waals surface area contributed by atoms with Gasteiger partial charge >= 0.3 is 0 Å². The molecule has 16 heavy (non-hydrogen) atoms. The zero-order valence-electron chi connectivity index (χ0n) is 10.2. The summed E-state index contributed by atoms with van der Waals surface area (Å²) in [5.74, 6) is 0.565. The highest BCUT2D eigenvalue weighted by Gasteiger charge is 2.20. The molecule has 0 radical (unpaired) electrons. The number of hydrogen-bond acceptors (Lipinski definition) is 3. The van der Waals surface area contributed by atoms with Crippen molar-refractivity contribution in [2.45, 2.75) is 27.3 Å². The third-order valence-corrected chi connectivity index (χ3v) is 2.16. The van der Waals surface area contributed by atoms with Gasteiger partial charge in [-0.05, 0) is 6.07 Å². The third-order valence-electron chi connectivity index (χ3n) is 2.16. The van der Waals surface area contributed by atoms with E-state index in [0.29, 0.717) is 12.4 Å². The smallest absolute Gasteiger partial charge is 0.225 e. The summed E-state index contributed by atoms with van der Waals surface area (Å²) in [7, 11) is 1.57. The summed E-state index contributed by atoms with van der Waals surface area (Å²) in [6.07, 6.45) is 1.66.